The van der Waals surface area contributed by atoms with E-state index < -0.39 is 5.97 Å². The number of nitrogen functional groups attached to an aromatic ring is 1. The lowest BCUT2D eigenvalue weighted by molar-refractivity contribution is 0.0590. The molecule has 1 aliphatic heterocycles. The Kier molecular flexibility index (Phi) is 2.78. The van der Waals surface area contributed by atoms with Crippen molar-refractivity contribution in [2.24, 2.45) is 0 Å². The summed E-state index contributed by atoms with van der Waals surface area (Å²) in [7, 11) is 1.28. The summed E-state index contributed by atoms with van der Waals surface area (Å²) in [5.74, 6) is 0.0581. The number of halogens is 1. The van der Waals surface area contributed by atoms with Gasteiger partial charge < -0.3 is 19.9 Å². The van der Waals surface area contributed by atoms with E-state index in [1.54, 1.807) is 0 Å². The van der Waals surface area contributed by atoms with Crippen LogP contribution >= 0.6 is 11.6 Å². The molecule has 2 rings (SSSR count). The first-order chi connectivity index (χ1) is 7.65. The Labute approximate surface area is 97.0 Å². The molecule has 0 aromatic heterocycles. The maximum atomic E-state index is 11.5. The van der Waals surface area contributed by atoms with Gasteiger partial charge in [-0.25, -0.2) is 4.79 Å². The number of benzene rings is 1. The van der Waals surface area contributed by atoms with E-state index in [4.69, 9.17) is 26.8 Å². The van der Waals surface area contributed by atoms with Crippen LogP contribution in [0.5, 0.6) is 11.5 Å². The van der Waals surface area contributed by atoms with Crippen LogP contribution in [0.1, 0.15) is 10.4 Å². The van der Waals surface area contributed by atoms with E-state index in [0.29, 0.717) is 24.7 Å². The van der Waals surface area contributed by atoms with Crippen LogP contribution in [0.25, 0.3) is 0 Å². The fraction of sp³-hybridized carbons (Fsp3) is 0.300. The summed E-state index contributed by atoms with van der Waals surface area (Å²) in [6.45, 7) is 0.732. The van der Waals surface area contributed by atoms with Crippen molar-refractivity contribution in [3.63, 3.8) is 0 Å². The second kappa shape index (κ2) is 4.09. The van der Waals surface area contributed by atoms with E-state index in [1.165, 1.54) is 13.2 Å². The molecule has 1 aromatic rings. The van der Waals surface area contributed by atoms with Gasteiger partial charge >= 0.3 is 5.97 Å². The van der Waals surface area contributed by atoms with Crippen molar-refractivity contribution in [1.29, 1.82) is 0 Å². The number of ether oxygens (including phenoxy) is 3. The highest BCUT2D eigenvalue weighted by atomic mass is 35.5. The molecule has 86 valence electrons. The Bertz CT molecular complexity index is 447. The van der Waals surface area contributed by atoms with Crippen LogP contribution < -0.4 is 15.2 Å². The number of nitrogens with two attached hydrogens (primary N) is 1. The quantitative estimate of drug-likeness (QED) is 0.598. The Morgan fingerprint density at radius 3 is 2.69 bits per heavy atom. The molecule has 16 heavy (non-hydrogen) atoms. The fourth-order valence-corrected chi connectivity index (χ4v) is 1.65. The first-order valence-corrected chi connectivity index (χ1v) is 4.99. The van der Waals surface area contributed by atoms with Gasteiger partial charge in [-0.3, -0.25) is 0 Å². The number of carbonyl (C=O) groups excluding carboxylic acids is 1. The summed E-state index contributed by atoms with van der Waals surface area (Å²) < 4.78 is 15.3. The lowest BCUT2D eigenvalue weighted by Crippen LogP contribution is -2.19. The van der Waals surface area contributed by atoms with Crippen LogP contribution in [0.15, 0.2) is 6.07 Å². The Hall–Kier alpha value is -1.62. The number of carbonyl (C=O) groups is 1. The van der Waals surface area contributed by atoms with Crippen LogP contribution in [0.2, 0.25) is 5.02 Å². The van der Waals surface area contributed by atoms with E-state index in [2.05, 4.69) is 4.74 Å². The summed E-state index contributed by atoms with van der Waals surface area (Å²) in [4.78, 5) is 11.5. The van der Waals surface area contributed by atoms with Crippen molar-refractivity contribution in [2.75, 3.05) is 26.1 Å². The molecule has 0 spiro atoms. The van der Waals surface area contributed by atoms with Gasteiger partial charge in [0, 0.05) is 0 Å². The maximum absolute atomic E-state index is 11.5. The highest BCUT2D eigenvalue weighted by Crippen LogP contribution is 2.43. The molecule has 0 amide bonds. The molecule has 2 N–H and O–H groups in total. The third kappa shape index (κ3) is 1.63. The summed E-state index contributed by atoms with van der Waals surface area (Å²) in [6, 6.07) is 1.41. The molecule has 6 heteroatoms. The van der Waals surface area contributed by atoms with Crippen molar-refractivity contribution in [1.82, 2.24) is 0 Å². The van der Waals surface area contributed by atoms with Gasteiger partial charge in [0.25, 0.3) is 0 Å². The number of hydrogen-bond acceptors (Lipinski definition) is 5. The Morgan fingerprint density at radius 1 is 1.44 bits per heavy atom. The molecule has 0 atom stereocenters. The highest BCUT2D eigenvalue weighted by Gasteiger charge is 2.25. The molecule has 0 unspecified atom stereocenters. The number of fused-ring (bicyclic) bond motifs is 1. The Balaban J connectivity index is 2.61. The minimum absolute atomic E-state index is 0.219. The van der Waals surface area contributed by atoms with Crippen LogP contribution in [0, 0.1) is 0 Å². The molecule has 0 fully saturated rings. The largest absolute Gasteiger partial charge is 0.485 e. The minimum Gasteiger partial charge on any atom is -0.485 e. The second-order valence-electron chi connectivity index (χ2n) is 3.17. The van der Waals surface area contributed by atoms with Crippen LogP contribution in [0.3, 0.4) is 0 Å². The van der Waals surface area contributed by atoms with Gasteiger partial charge in [0.2, 0.25) is 0 Å². The van der Waals surface area contributed by atoms with Gasteiger partial charge in [0.1, 0.15) is 18.8 Å². The van der Waals surface area contributed by atoms with E-state index in [9.17, 15) is 4.79 Å². The van der Waals surface area contributed by atoms with E-state index in [-0.39, 0.29) is 16.3 Å². The molecule has 5 nitrogen and oxygen atoms in total. The van der Waals surface area contributed by atoms with E-state index >= 15 is 0 Å². The number of hydrogen-bond donors (Lipinski definition) is 1. The predicted octanol–water partition coefficient (Wildman–Crippen LogP) is 1.48. The van der Waals surface area contributed by atoms with E-state index in [0.717, 1.165) is 0 Å². The maximum Gasteiger partial charge on any atom is 0.341 e. The van der Waals surface area contributed by atoms with Gasteiger partial charge in [-0.15, -0.1) is 0 Å². The smallest absolute Gasteiger partial charge is 0.341 e. The van der Waals surface area contributed by atoms with E-state index in [1.807, 2.05) is 0 Å². The summed E-state index contributed by atoms with van der Waals surface area (Å²) >= 11 is 5.88. The standard InChI is InChI=1S/C10H10ClNO4/c1-14-10(13)5-4-6(11)7(12)9-8(5)15-2-3-16-9/h4H,2-3,12H2,1H3. The first kappa shape index (κ1) is 10.9. The lowest BCUT2D eigenvalue weighted by atomic mass is 10.1. The number of esters is 1. The first-order valence-electron chi connectivity index (χ1n) is 4.61. The number of rotatable bonds is 1. The van der Waals surface area contributed by atoms with Gasteiger partial charge in [-0.2, -0.15) is 0 Å². The predicted molar refractivity (Wildman–Crippen MR) is 58.2 cm³/mol. The van der Waals surface area contributed by atoms with Crippen molar-refractivity contribution in [3.05, 3.63) is 16.7 Å². The summed E-state index contributed by atoms with van der Waals surface area (Å²) in [5, 5.41) is 0.240. The van der Waals surface area contributed by atoms with Crippen molar-refractivity contribution in [3.8, 4) is 11.5 Å². The molecule has 0 saturated carbocycles. The van der Waals surface area contributed by atoms with Crippen LogP contribution in [-0.2, 0) is 4.74 Å². The molecule has 0 radical (unpaired) electrons. The lowest BCUT2D eigenvalue weighted by Gasteiger charge is -2.22. The van der Waals surface area contributed by atoms with Crippen molar-refractivity contribution in [2.45, 2.75) is 0 Å². The third-order valence-corrected chi connectivity index (χ3v) is 2.52. The number of anilines is 1. The molecule has 1 aliphatic rings. The third-order valence-electron chi connectivity index (χ3n) is 2.21. The van der Waals surface area contributed by atoms with Gasteiger partial charge in [-0.05, 0) is 6.07 Å². The molecular weight excluding hydrogens is 234 g/mol. The van der Waals surface area contributed by atoms with Gasteiger partial charge in [0.15, 0.2) is 11.5 Å². The van der Waals surface area contributed by atoms with Gasteiger partial charge in [0.05, 0.1) is 17.8 Å². The zero-order chi connectivity index (χ0) is 11.7. The molecule has 1 heterocycles. The van der Waals surface area contributed by atoms with Crippen molar-refractivity contribution >= 4 is 23.3 Å². The molecule has 0 saturated heterocycles. The van der Waals surface area contributed by atoms with Crippen LogP contribution in [-0.4, -0.2) is 26.3 Å². The summed E-state index contributed by atoms with van der Waals surface area (Å²) in [6.07, 6.45) is 0. The normalized spacial score (nSPS) is 13.4. The monoisotopic (exact) mass is 243 g/mol. The highest BCUT2D eigenvalue weighted by molar-refractivity contribution is 6.34. The second-order valence-corrected chi connectivity index (χ2v) is 3.57. The Morgan fingerprint density at radius 2 is 2.06 bits per heavy atom. The zero-order valence-electron chi connectivity index (χ0n) is 8.58. The average Bonchev–Trinajstić information content (AvgIpc) is 2.33. The van der Waals surface area contributed by atoms with Gasteiger partial charge in [-0.1, -0.05) is 11.6 Å². The molecular formula is C10H10ClNO4. The topological polar surface area (TPSA) is 70.8 Å². The molecule has 0 aliphatic carbocycles. The number of methoxy groups -OCH3 is 1. The fourth-order valence-electron chi connectivity index (χ4n) is 1.46. The van der Waals surface area contributed by atoms with Crippen molar-refractivity contribution < 1.29 is 19.0 Å². The average molecular weight is 244 g/mol. The molecule has 0 bridgehead atoms. The van der Waals surface area contributed by atoms with Crippen LogP contribution in [0.4, 0.5) is 5.69 Å². The minimum atomic E-state index is -0.538. The molecule has 1 aromatic carbocycles. The SMILES string of the molecule is COC(=O)c1cc(Cl)c(N)c2c1OCCO2. The zero-order valence-corrected chi connectivity index (χ0v) is 9.34. The summed E-state index contributed by atoms with van der Waals surface area (Å²) in [5.41, 5.74) is 6.21.